The van der Waals surface area contributed by atoms with Gasteiger partial charge in [0.25, 0.3) is 5.56 Å². The fraction of sp³-hybridized carbons (Fsp3) is 0.478. The number of piperidine rings is 1. The van der Waals surface area contributed by atoms with Gasteiger partial charge in [-0.1, -0.05) is 18.2 Å². The number of nitrogens with zero attached hydrogens (tertiary/aromatic N) is 4. The number of hydrogen-bond donors (Lipinski definition) is 0. The first-order valence-corrected chi connectivity index (χ1v) is 10.4. The SMILES string of the molecule is CN(Cc1ccc2n(c1=O)C[C@H]1C[C@@H]2CN(Cc2ccc(C#N)cc2)C1)CC(F)(F)F. The molecule has 5 nitrogen and oxygen atoms in total. The van der Waals surface area contributed by atoms with Gasteiger partial charge >= 0.3 is 6.18 Å². The van der Waals surface area contributed by atoms with Gasteiger partial charge in [0.1, 0.15) is 0 Å². The van der Waals surface area contributed by atoms with E-state index in [2.05, 4.69) is 11.0 Å². The standard InChI is InChI=1S/C23H25F3N4O/c1-28(15-23(24,25)26)13-19-6-7-21-20-8-18(12-30(21)22(19)31)11-29(14-20)10-17-4-2-16(9-27)3-5-17/h2-7,18,20H,8,10-15H2,1H3/t18-,20+/m0/s1. The monoisotopic (exact) mass is 430 g/mol. The van der Waals surface area contributed by atoms with Crippen molar-refractivity contribution in [3.8, 4) is 6.07 Å². The molecule has 2 aliphatic rings. The van der Waals surface area contributed by atoms with Crippen LogP contribution in [0.4, 0.5) is 13.2 Å². The molecule has 1 saturated heterocycles. The van der Waals surface area contributed by atoms with Crippen LogP contribution in [0, 0.1) is 17.2 Å². The molecule has 2 bridgehead atoms. The molecule has 0 saturated carbocycles. The van der Waals surface area contributed by atoms with Gasteiger partial charge in [0.2, 0.25) is 0 Å². The molecule has 31 heavy (non-hydrogen) atoms. The zero-order valence-corrected chi connectivity index (χ0v) is 17.4. The van der Waals surface area contributed by atoms with Gasteiger partial charge in [0.15, 0.2) is 0 Å². The lowest BCUT2D eigenvalue weighted by Gasteiger charge is -2.43. The van der Waals surface area contributed by atoms with Crippen LogP contribution in [0.25, 0.3) is 0 Å². The normalized spacial score (nSPS) is 21.0. The third-order valence-corrected chi connectivity index (χ3v) is 6.14. The summed E-state index contributed by atoms with van der Waals surface area (Å²) in [7, 11) is 1.38. The predicted molar refractivity (Wildman–Crippen MR) is 110 cm³/mol. The topological polar surface area (TPSA) is 52.3 Å². The first kappa shape index (κ1) is 21.6. The van der Waals surface area contributed by atoms with E-state index in [0.29, 0.717) is 23.6 Å². The second-order valence-corrected chi connectivity index (χ2v) is 8.79. The lowest BCUT2D eigenvalue weighted by Crippen LogP contribution is -2.47. The number of likely N-dealkylation sites (tertiary alicyclic amines) is 1. The second-order valence-electron chi connectivity index (χ2n) is 8.79. The number of pyridine rings is 1. The largest absolute Gasteiger partial charge is 0.401 e. The maximum atomic E-state index is 13.0. The van der Waals surface area contributed by atoms with Crippen molar-refractivity contribution in [3.05, 3.63) is 69.1 Å². The van der Waals surface area contributed by atoms with Crippen LogP contribution >= 0.6 is 0 Å². The average molecular weight is 430 g/mol. The Balaban J connectivity index is 1.48. The van der Waals surface area contributed by atoms with E-state index in [4.69, 9.17) is 5.26 Å². The van der Waals surface area contributed by atoms with E-state index in [-0.39, 0.29) is 18.0 Å². The molecule has 1 aromatic heterocycles. The molecule has 8 heteroatoms. The van der Waals surface area contributed by atoms with Crippen molar-refractivity contribution in [1.29, 1.82) is 5.26 Å². The van der Waals surface area contributed by atoms with Crippen molar-refractivity contribution < 1.29 is 13.2 Å². The van der Waals surface area contributed by atoms with Crippen molar-refractivity contribution in [3.63, 3.8) is 0 Å². The summed E-state index contributed by atoms with van der Waals surface area (Å²) in [6, 6.07) is 13.4. The minimum atomic E-state index is -4.28. The van der Waals surface area contributed by atoms with Crippen molar-refractivity contribution in [2.75, 3.05) is 26.7 Å². The van der Waals surface area contributed by atoms with Gasteiger partial charge < -0.3 is 4.57 Å². The molecular formula is C23H25F3N4O. The molecule has 0 amide bonds. The molecule has 3 heterocycles. The number of nitriles is 1. The molecule has 0 aliphatic carbocycles. The molecule has 2 aliphatic heterocycles. The molecule has 164 valence electrons. The lowest BCUT2D eigenvalue weighted by molar-refractivity contribution is -0.144. The first-order valence-electron chi connectivity index (χ1n) is 10.4. The van der Waals surface area contributed by atoms with E-state index in [1.807, 2.05) is 30.3 Å². The summed E-state index contributed by atoms with van der Waals surface area (Å²) in [4.78, 5) is 16.5. The molecule has 0 radical (unpaired) electrons. The fourth-order valence-electron chi connectivity index (χ4n) is 4.94. The molecule has 2 atom stereocenters. The van der Waals surface area contributed by atoms with Gasteiger partial charge in [0.05, 0.1) is 18.2 Å². The van der Waals surface area contributed by atoms with Crippen LogP contribution in [0.1, 0.15) is 34.7 Å². The van der Waals surface area contributed by atoms with E-state index in [0.717, 1.165) is 42.2 Å². The Kier molecular flexibility index (Phi) is 5.91. The Morgan fingerprint density at radius 1 is 1.13 bits per heavy atom. The van der Waals surface area contributed by atoms with Crippen LogP contribution in [0.5, 0.6) is 0 Å². The van der Waals surface area contributed by atoms with Crippen molar-refractivity contribution in [1.82, 2.24) is 14.4 Å². The van der Waals surface area contributed by atoms with Crippen molar-refractivity contribution in [2.24, 2.45) is 5.92 Å². The Morgan fingerprint density at radius 3 is 2.55 bits per heavy atom. The first-order chi connectivity index (χ1) is 14.7. The molecule has 2 aromatic rings. The van der Waals surface area contributed by atoms with E-state index in [1.54, 1.807) is 10.6 Å². The van der Waals surface area contributed by atoms with Crippen LogP contribution in [0.2, 0.25) is 0 Å². The lowest BCUT2D eigenvalue weighted by atomic mass is 9.82. The summed E-state index contributed by atoms with van der Waals surface area (Å²) in [5, 5.41) is 8.95. The maximum absolute atomic E-state index is 13.0. The molecule has 0 N–H and O–H groups in total. The van der Waals surface area contributed by atoms with E-state index in [9.17, 15) is 18.0 Å². The maximum Gasteiger partial charge on any atom is 0.401 e. The minimum Gasteiger partial charge on any atom is -0.312 e. The van der Waals surface area contributed by atoms with E-state index in [1.165, 1.54) is 7.05 Å². The van der Waals surface area contributed by atoms with Gasteiger partial charge in [-0.25, -0.2) is 0 Å². The zero-order chi connectivity index (χ0) is 22.2. The van der Waals surface area contributed by atoms with Crippen LogP contribution in [0.3, 0.4) is 0 Å². The Morgan fingerprint density at radius 2 is 1.87 bits per heavy atom. The zero-order valence-electron chi connectivity index (χ0n) is 17.4. The highest BCUT2D eigenvalue weighted by Gasteiger charge is 2.35. The molecule has 0 spiro atoms. The number of aromatic nitrogens is 1. The number of benzene rings is 1. The highest BCUT2D eigenvalue weighted by Crippen LogP contribution is 2.35. The number of fused-ring (bicyclic) bond motifs is 4. The molecule has 4 rings (SSSR count). The van der Waals surface area contributed by atoms with Gasteiger partial charge in [0, 0.05) is 49.9 Å². The average Bonchev–Trinajstić information content (AvgIpc) is 2.69. The van der Waals surface area contributed by atoms with Crippen LogP contribution in [-0.4, -0.2) is 47.2 Å². The summed E-state index contributed by atoms with van der Waals surface area (Å²) < 4.78 is 39.7. The summed E-state index contributed by atoms with van der Waals surface area (Å²) >= 11 is 0. The third kappa shape index (κ3) is 5.00. The Hall–Kier alpha value is -2.63. The minimum absolute atomic E-state index is 0.0151. The van der Waals surface area contributed by atoms with Gasteiger partial charge in [-0.3, -0.25) is 14.6 Å². The summed E-state index contributed by atoms with van der Waals surface area (Å²) in [6.07, 6.45) is -3.26. The number of alkyl halides is 3. The van der Waals surface area contributed by atoms with Crippen LogP contribution < -0.4 is 5.56 Å². The summed E-state index contributed by atoms with van der Waals surface area (Å²) in [5.41, 5.74) is 3.02. The summed E-state index contributed by atoms with van der Waals surface area (Å²) in [5.74, 6) is 0.575. The number of halogens is 3. The highest BCUT2D eigenvalue weighted by atomic mass is 19.4. The number of rotatable bonds is 5. The van der Waals surface area contributed by atoms with Crippen LogP contribution in [0.15, 0.2) is 41.2 Å². The Bertz CT molecular complexity index is 1040. The van der Waals surface area contributed by atoms with Gasteiger partial charge in [-0.05, 0) is 43.1 Å². The van der Waals surface area contributed by atoms with Crippen molar-refractivity contribution >= 4 is 0 Å². The molecule has 1 fully saturated rings. The summed E-state index contributed by atoms with van der Waals surface area (Å²) in [6.45, 7) is 2.06. The molecular weight excluding hydrogens is 405 g/mol. The predicted octanol–water partition coefficient (Wildman–Crippen LogP) is 3.33. The van der Waals surface area contributed by atoms with Crippen LogP contribution in [-0.2, 0) is 19.6 Å². The molecule has 1 aromatic carbocycles. The smallest absolute Gasteiger partial charge is 0.312 e. The number of hydrogen-bond acceptors (Lipinski definition) is 4. The second kappa shape index (κ2) is 8.48. The van der Waals surface area contributed by atoms with Gasteiger partial charge in [-0.15, -0.1) is 0 Å². The Labute approximate surface area is 179 Å². The van der Waals surface area contributed by atoms with E-state index < -0.39 is 12.7 Å². The van der Waals surface area contributed by atoms with Gasteiger partial charge in [-0.2, -0.15) is 18.4 Å². The fourth-order valence-corrected chi connectivity index (χ4v) is 4.94. The molecule has 0 unspecified atom stereocenters. The quantitative estimate of drug-likeness (QED) is 0.730. The highest BCUT2D eigenvalue weighted by molar-refractivity contribution is 5.31. The third-order valence-electron chi connectivity index (χ3n) is 6.14. The van der Waals surface area contributed by atoms with Crippen molar-refractivity contribution in [2.45, 2.75) is 38.1 Å². The van der Waals surface area contributed by atoms with E-state index >= 15 is 0 Å².